The van der Waals surface area contributed by atoms with Gasteiger partial charge < -0.3 is 20.1 Å². The Morgan fingerprint density at radius 2 is 0.556 bits per heavy atom. The van der Waals surface area contributed by atoms with Crippen LogP contribution in [0.25, 0.3) is 0 Å². The summed E-state index contributed by atoms with van der Waals surface area (Å²) >= 11 is 0. The van der Waals surface area contributed by atoms with E-state index in [2.05, 4.69) is 160 Å². The summed E-state index contributed by atoms with van der Waals surface area (Å²) in [5.41, 5.74) is 5.41. The van der Waals surface area contributed by atoms with E-state index in [1.165, 1.54) is 218 Å². The average Bonchev–Trinajstić information content (AvgIpc) is 1.19. The first-order valence-corrected chi connectivity index (χ1v) is 42.8. The minimum Gasteiger partial charge on any atom is -0.462 e. The van der Waals surface area contributed by atoms with E-state index in [9.17, 15) is 19.0 Å². The Morgan fingerprint density at radius 3 is 0.828 bits per heavy atom. The summed E-state index contributed by atoms with van der Waals surface area (Å²) < 4.78 is 33.2. The van der Waals surface area contributed by atoms with Crippen LogP contribution in [-0.2, 0) is 32.7 Å². The maximum Gasteiger partial charge on any atom is 0.472 e. The van der Waals surface area contributed by atoms with Gasteiger partial charge in [0, 0.05) is 19.4 Å². The van der Waals surface area contributed by atoms with Gasteiger partial charge in [0.1, 0.15) is 6.61 Å². The number of ether oxygens (including phenoxy) is 2. The summed E-state index contributed by atoms with van der Waals surface area (Å²) in [5, 5.41) is 0. The molecule has 0 saturated carbocycles. The van der Waals surface area contributed by atoms with E-state index in [0.717, 1.165) is 122 Å². The van der Waals surface area contributed by atoms with Gasteiger partial charge >= 0.3 is 19.8 Å². The molecule has 0 aromatic carbocycles. The molecular weight excluding hydrogens is 1240 g/mol. The van der Waals surface area contributed by atoms with Crippen LogP contribution in [0.5, 0.6) is 0 Å². The van der Waals surface area contributed by atoms with E-state index in [1.807, 2.05) is 0 Å². The van der Waals surface area contributed by atoms with Crippen molar-refractivity contribution in [2.45, 2.75) is 380 Å². The van der Waals surface area contributed by atoms with Crippen molar-refractivity contribution in [1.29, 1.82) is 0 Å². The number of phosphoric ester groups is 1. The summed E-state index contributed by atoms with van der Waals surface area (Å²) in [6.45, 7) is 3.64. The monoisotopic (exact) mass is 1400 g/mol. The summed E-state index contributed by atoms with van der Waals surface area (Å²) in [4.78, 5) is 35.5. The van der Waals surface area contributed by atoms with Crippen molar-refractivity contribution in [2.75, 3.05) is 26.4 Å². The second-order valence-electron chi connectivity index (χ2n) is 27.3. The average molecular weight is 1400 g/mol. The van der Waals surface area contributed by atoms with Gasteiger partial charge in [0.25, 0.3) is 0 Å². The highest BCUT2D eigenvalue weighted by molar-refractivity contribution is 7.47. The Kier molecular flexibility index (Phi) is 79.4. The van der Waals surface area contributed by atoms with E-state index in [1.54, 1.807) is 0 Å². The SMILES string of the molecule is CC/C=C\C/C=C\C/C=C\C/C=C\C/C=C\C/C=C\C/C=C\C/C=C\C/C=C\C/C=C\C/C=C\C/C=C\CCCCCCC(=O)OC(COC(=O)CCCCCCCCCCCCCCCCCCCCCCCCCCCCCCCCCCCCCCC)COP(=O)(O)OCCN. The predicted octanol–water partition coefficient (Wildman–Crippen LogP) is 28.1. The van der Waals surface area contributed by atoms with Crippen molar-refractivity contribution >= 4 is 19.8 Å². The van der Waals surface area contributed by atoms with Crippen LogP contribution in [0, 0.1) is 0 Å². The zero-order valence-corrected chi connectivity index (χ0v) is 65.1. The van der Waals surface area contributed by atoms with Crippen molar-refractivity contribution in [1.82, 2.24) is 0 Å². The van der Waals surface area contributed by atoms with E-state index in [4.69, 9.17) is 24.3 Å². The number of hydrogen-bond donors (Lipinski definition) is 2. The molecule has 99 heavy (non-hydrogen) atoms. The number of allylic oxidation sites excluding steroid dienone is 24. The van der Waals surface area contributed by atoms with Crippen LogP contribution in [0.1, 0.15) is 373 Å². The van der Waals surface area contributed by atoms with Crippen molar-refractivity contribution in [3.05, 3.63) is 146 Å². The standard InChI is InChI=1S/C89H154NO8P/c1-3-5-7-9-11-13-15-17-19-21-23-25-27-29-31-33-35-37-39-41-42-43-44-46-48-50-52-54-56-58-60-62-64-66-68-70-72-74-76-78-80-82-89(92)98-87(86-97-99(93,94)96-84-83-90)85-95-88(91)81-79-77-75-73-71-69-67-65-63-61-59-57-55-53-51-49-47-45-40-38-36-34-32-30-28-26-24-22-20-18-16-14-12-10-8-6-4-2/h5,7,11,13,17,19,23,25,29,31,35,37,41-42,44,46,50,52,56,58,62,64,68,70,87H,3-4,6,8-10,12,14-16,18,20-22,24,26-28,30,32-34,36,38-40,43,45,47-49,51,53-55,57,59-61,63,65-67,69,71-86,90H2,1-2H3,(H,93,94)/b7-5-,13-11-,19-17-,25-23-,31-29-,37-35-,42-41-,46-44-,52-50-,58-56-,64-62-,70-68-. The molecule has 0 saturated heterocycles. The Bertz CT molecular complexity index is 2150. The molecule has 0 spiro atoms. The molecule has 3 N–H and O–H groups in total. The van der Waals surface area contributed by atoms with Crippen LogP contribution in [0.3, 0.4) is 0 Å². The fourth-order valence-electron chi connectivity index (χ4n) is 11.7. The molecule has 9 nitrogen and oxygen atoms in total. The van der Waals surface area contributed by atoms with Crippen molar-refractivity contribution < 1.29 is 37.6 Å². The van der Waals surface area contributed by atoms with Gasteiger partial charge in [-0.1, -0.05) is 404 Å². The number of phosphoric acid groups is 1. The minimum atomic E-state index is -4.41. The molecule has 0 fully saturated rings. The summed E-state index contributed by atoms with van der Waals surface area (Å²) in [6.07, 6.45) is 120. The Balaban J connectivity index is 3.90. The molecule has 0 bridgehead atoms. The van der Waals surface area contributed by atoms with Gasteiger partial charge in [-0.3, -0.25) is 18.6 Å². The lowest BCUT2D eigenvalue weighted by atomic mass is 10.0. The molecule has 0 aromatic rings. The quantitative estimate of drug-likeness (QED) is 0.0264. The molecule has 0 heterocycles. The van der Waals surface area contributed by atoms with Gasteiger partial charge in [0.2, 0.25) is 0 Å². The van der Waals surface area contributed by atoms with E-state index in [0.29, 0.717) is 6.42 Å². The van der Waals surface area contributed by atoms with Crippen LogP contribution in [0.15, 0.2) is 146 Å². The molecule has 0 amide bonds. The topological polar surface area (TPSA) is 134 Å². The molecule has 0 aliphatic rings. The molecule has 10 heteroatoms. The highest BCUT2D eigenvalue weighted by atomic mass is 31.2. The predicted molar refractivity (Wildman–Crippen MR) is 431 cm³/mol. The van der Waals surface area contributed by atoms with Gasteiger partial charge in [0.05, 0.1) is 13.2 Å². The molecule has 2 unspecified atom stereocenters. The minimum absolute atomic E-state index is 0.0434. The van der Waals surface area contributed by atoms with Gasteiger partial charge in [-0.2, -0.15) is 0 Å². The lowest BCUT2D eigenvalue weighted by Gasteiger charge is -2.19. The smallest absolute Gasteiger partial charge is 0.462 e. The maximum atomic E-state index is 12.8. The largest absolute Gasteiger partial charge is 0.472 e. The third kappa shape index (κ3) is 82.7. The second kappa shape index (κ2) is 82.8. The first-order chi connectivity index (χ1) is 48.8. The number of carbonyl (C=O) groups excluding carboxylic acids is 2. The number of nitrogens with two attached hydrogens (primary N) is 1. The molecule has 0 aliphatic carbocycles. The third-order valence-corrected chi connectivity index (χ3v) is 18.7. The second-order valence-corrected chi connectivity index (χ2v) is 28.7. The Labute approximate surface area is 611 Å². The van der Waals surface area contributed by atoms with E-state index < -0.39 is 26.5 Å². The summed E-state index contributed by atoms with van der Waals surface area (Å²) in [5.74, 6) is -0.852. The Morgan fingerprint density at radius 1 is 0.313 bits per heavy atom. The zero-order chi connectivity index (χ0) is 71.5. The van der Waals surface area contributed by atoms with Crippen LogP contribution in [0.2, 0.25) is 0 Å². The van der Waals surface area contributed by atoms with Crippen LogP contribution < -0.4 is 5.73 Å². The molecule has 2 atom stereocenters. The lowest BCUT2D eigenvalue weighted by molar-refractivity contribution is -0.161. The molecule has 0 rings (SSSR count). The fourth-order valence-corrected chi connectivity index (χ4v) is 12.4. The maximum absolute atomic E-state index is 12.8. The van der Waals surface area contributed by atoms with Crippen molar-refractivity contribution in [3.8, 4) is 0 Å². The zero-order valence-electron chi connectivity index (χ0n) is 64.2. The number of unbranched alkanes of at least 4 members (excludes halogenated alkanes) is 40. The van der Waals surface area contributed by atoms with Gasteiger partial charge in [-0.05, 0) is 103 Å². The lowest BCUT2D eigenvalue weighted by Crippen LogP contribution is -2.29. The molecule has 0 aliphatic heterocycles. The normalized spacial score (nSPS) is 13.6. The van der Waals surface area contributed by atoms with E-state index in [-0.39, 0.29) is 38.6 Å². The number of esters is 2. The highest BCUT2D eigenvalue weighted by Gasteiger charge is 2.26. The van der Waals surface area contributed by atoms with Crippen molar-refractivity contribution in [2.24, 2.45) is 5.73 Å². The summed E-state index contributed by atoms with van der Waals surface area (Å²) in [7, 11) is -4.41. The van der Waals surface area contributed by atoms with Crippen LogP contribution >= 0.6 is 7.82 Å². The number of rotatable bonds is 77. The number of hydrogen-bond acceptors (Lipinski definition) is 8. The van der Waals surface area contributed by atoms with Gasteiger partial charge in [0.15, 0.2) is 6.10 Å². The summed E-state index contributed by atoms with van der Waals surface area (Å²) in [6, 6.07) is 0. The molecule has 0 radical (unpaired) electrons. The molecule has 568 valence electrons. The van der Waals surface area contributed by atoms with E-state index >= 15 is 0 Å². The first kappa shape index (κ1) is 94.9. The van der Waals surface area contributed by atoms with Crippen molar-refractivity contribution in [3.63, 3.8) is 0 Å². The van der Waals surface area contributed by atoms with Crippen LogP contribution in [0.4, 0.5) is 0 Å². The van der Waals surface area contributed by atoms with Crippen LogP contribution in [-0.4, -0.2) is 49.3 Å². The molecular formula is C89H154NO8P. The Hall–Kier alpha value is -4.11. The highest BCUT2D eigenvalue weighted by Crippen LogP contribution is 2.43. The van der Waals surface area contributed by atoms with Gasteiger partial charge in [-0.25, -0.2) is 4.57 Å². The number of carbonyl (C=O) groups is 2. The third-order valence-electron chi connectivity index (χ3n) is 17.7. The first-order valence-electron chi connectivity index (χ1n) is 41.3. The molecule has 0 aromatic heterocycles. The fraction of sp³-hybridized carbons (Fsp3) is 0.708. The van der Waals surface area contributed by atoms with Gasteiger partial charge in [-0.15, -0.1) is 0 Å².